The number of nitrogens with one attached hydrogen (secondary N) is 1. The Morgan fingerprint density at radius 3 is 2.83 bits per heavy atom. The minimum atomic E-state index is -0.453. The van der Waals surface area contributed by atoms with Gasteiger partial charge in [-0.2, -0.15) is 0 Å². The number of carbonyl (C=O) groups is 2. The molecule has 0 radical (unpaired) electrons. The van der Waals surface area contributed by atoms with Crippen molar-refractivity contribution in [2.75, 3.05) is 33.3 Å². The number of carbonyl (C=O) groups excluding carboxylic acids is 2. The highest BCUT2D eigenvalue weighted by molar-refractivity contribution is 5.97. The highest BCUT2D eigenvalue weighted by Gasteiger charge is 2.34. The summed E-state index contributed by atoms with van der Waals surface area (Å²) < 4.78 is 20.2. The number of aliphatic hydroxyl groups is 1. The van der Waals surface area contributed by atoms with Crippen LogP contribution in [0, 0.1) is 23.6 Å². The zero-order valence-corrected chi connectivity index (χ0v) is 21.1. The van der Waals surface area contributed by atoms with Crippen molar-refractivity contribution in [1.29, 1.82) is 0 Å². The fourth-order valence-electron chi connectivity index (χ4n) is 3.81. The maximum atomic E-state index is 14.0. The van der Waals surface area contributed by atoms with Gasteiger partial charge in [-0.3, -0.25) is 4.79 Å². The summed E-state index contributed by atoms with van der Waals surface area (Å²) in [6.45, 7) is 6.64. The number of halogens is 1. The summed E-state index contributed by atoms with van der Waals surface area (Å²) in [5.41, 5.74) is 0.859. The Bertz CT molecular complexity index is 1150. The van der Waals surface area contributed by atoms with Crippen LogP contribution < -0.4 is 10.1 Å². The molecule has 2 heterocycles. The van der Waals surface area contributed by atoms with E-state index in [9.17, 15) is 19.1 Å². The number of rotatable bonds is 6. The number of ether oxygens (including phenoxy) is 1. The lowest BCUT2D eigenvalue weighted by Crippen LogP contribution is -2.51. The topological polar surface area (TPSA) is 95.0 Å². The molecule has 0 bridgehead atoms. The van der Waals surface area contributed by atoms with E-state index >= 15 is 0 Å². The van der Waals surface area contributed by atoms with Gasteiger partial charge in [0.2, 0.25) is 5.88 Å². The van der Waals surface area contributed by atoms with E-state index in [0.717, 1.165) is 6.42 Å². The first-order valence-corrected chi connectivity index (χ1v) is 12.1. The molecule has 3 atom stereocenters. The number of nitrogens with zero attached hydrogens (tertiary/aromatic N) is 3. The lowest BCUT2D eigenvalue weighted by atomic mass is 10.00. The maximum Gasteiger partial charge on any atom is 0.317 e. The molecule has 1 aromatic heterocycles. The number of aliphatic hydroxyl groups excluding tert-OH is 1. The van der Waals surface area contributed by atoms with E-state index in [2.05, 4.69) is 22.1 Å². The molecular formula is C27H33FN4O4. The van der Waals surface area contributed by atoms with Crippen LogP contribution in [-0.4, -0.2) is 77.3 Å². The average molecular weight is 497 g/mol. The fourth-order valence-corrected chi connectivity index (χ4v) is 3.81. The van der Waals surface area contributed by atoms with Gasteiger partial charge in [-0.25, -0.2) is 14.2 Å². The Labute approximate surface area is 211 Å². The summed E-state index contributed by atoms with van der Waals surface area (Å²) in [7, 11) is 1.69. The van der Waals surface area contributed by atoms with Crippen molar-refractivity contribution in [3.63, 3.8) is 0 Å². The summed E-state index contributed by atoms with van der Waals surface area (Å²) in [5.74, 6) is 4.84. The summed E-state index contributed by atoms with van der Waals surface area (Å²) in [4.78, 5) is 33.4. The van der Waals surface area contributed by atoms with Crippen LogP contribution >= 0.6 is 0 Å². The van der Waals surface area contributed by atoms with Crippen LogP contribution in [-0.2, 0) is 0 Å². The third kappa shape index (κ3) is 6.52. The van der Waals surface area contributed by atoms with Gasteiger partial charge in [-0.15, -0.1) is 0 Å². The van der Waals surface area contributed by atoms with E-state index in [1.807, 2.05) is 13.8 Å². The molecule has 0 saturated carbocycles. The van der Waals surface area contributed by atoms with Crippen molar-refractivity contribution in [1.82, 2.24) is 20.1 Å². The smallest absolute Gasteiger partial charge is 0.317 e. The monoisotopic (exact) mass is 496 g/mol. The van der Waals surface area contributed by atoms with E-state index in [0.29, 0.717) is 18.7 Å². The van der Waals surface area contributed by atoms with Crippen molar-refractivity contribution in [3.05, 3.63) is 59.0 Å². The van der Waals surface area contributed by atoms with Gasteiger partial charge in [0.1, 0.15) is 17.5 Å². The molecule has 0 spiro atoms. The molecule has 2 N–H and O–H groups in total. The van der Waals surface area contributed by atoms with Gasteiger partial charge in [-0.05, 0) is 31.5 Å². The molecule has 0 unspecified atom stereocenters. The number of benzene rings is 1. The normalized spacial score (nSPS) is 18.1. The second-order valence-corrected chi connectivity index (χ2v) is 9.04. The third-order valence-electron chi connectivity index (χ3n) is 6.06. The SMILES string of the molecule is CCCNC(=O)N(C)C[C@H]1Oc2ncc(C#Cc3ccccc3F)cc2C(=O)N([C@H](C)CO)C[C@H]1C. The van der Waals surface area contributed by atoms with Crippen molar-refractivity contribution < 1.29 is 23.8 Å². The minimum Gasteiger partial charge on any atom is -0.472 e. The second-order valence-electron chi connectivity index (χ2n) is 9.04. The van der Waals surface area contributed by atoms with Crippen LogP contribution in [0.5, 0.6) is 5.88 Å². The number of amides is 3. The van der Waals surface area contributed by atoms with Crippen LogP contribution in [0.2, 0.25) is 0 Å². The van der Waals surface area contributed by atoms with Gasteiger partial charge in [0.05, 0.1) is 24.8 Å². The summed E-state index contributed by atoms with van der Waals surface area (Å²) in [5, 5.41) is 12.6. The van der Waals surface area contributed by atoms with Gasteiger partial charge in [0.15, 0.2) is 0 Å². The summed E-state index contributed by atoms with van der Waals surface area (Å²) in [6.07, 6.45) is 1.84. The van der Waals surface area contributed by atoms with Gasteiger partial charge >= 0.3 is 6.03 Å². The summed E-state index contributed by atoms with van der Waals surface area (Å²) >= 11 is 0. The van der Waals surface area contributed by atoms with Crippen LogP contribution in [0.25, 0.3) is 0 Å². The predicted molar refractivity (Wildman–Crippen MR) is 134 cm³/mol. The Hall–Kier alpha value is -3.64. The van der Waals surface area contributed by atoms with E-state index in [1.54, 1.807) is 48.0 Å². The molecule has 1 aliphatic rings. The second kappa shape index (κ2) is 12.4. The maximum absolute atomic E-state index is 14.0. The molecule has 192 valence electrons. The van der Waals surface area contributed by atoms with Crippen molar-refractivity contribution in [3.8, 4) is 17.7 Å². The van der Waals surface area contributed by atoms with Gasteiger partial charge in [-0.1, -0.05) is 37.8 Å². The number of urea groups is 1. The van der Waals surface area contributed by atoms with Gasteiger partial charge < -0.3 is 25.0 Å². The lowest BCUT2D eigenvalue weighted by Gasteiger charge is -2.37. The summed E-state index contributed by atoms with van der Waals surface area (Å²) in [6, 6.07) is 7.10. The molecule has 0 fully saturated rings. The number of hydrogen-bond acceptors (Lipinski definition) is 5. The molecule has 9 heteroatoms. The Morgan fingerprint density at radius 1 is 1.39 bits per heavy atom. The minimum absolute atomic E-state index is 0.130. The van der Waals surface area contributed by atoms with Gasteiger partial charge in [0, 0.05) is 37.8 Å². The molecule has 1 aliphatic heterocycles. The van der Waals surface area contributed by atoms with Crippen molar-refractivity contribution in [2.45, 2.75) is 39.3 Å². The Balaban J connectivity index is 1.95. The number of pyridine rings is 1. The molecule has 1 aromatic carbocycles. The van der Waals surface area contributed by atoms with E-state index < -0.39 is 18.0 Å². The highest BCUT2D eigenvalue weighted by atomic mass is 19.1. The van der Waals surface area contributed by atoms with Gasteiger partial charge in [0.25, 0.3) is 5.91 Å². The molecule has 2 aromatic rings. The molecule has 3 amide bonds. The van der Waals surface area contributed by atoms with E-state index in [1.165, 1.54) is 12.3 Å². The van der Waals surface area contributed by atoms with Crippen LogP contribution in [0.1, 0.15) is 48.7 Å². The number of likely N-dealkylation sites (N-methyl/N-ethyl adjacent to an activating group) is 1. The Morgan fingerprint density at radius 2 is 2.14 bits per heavy atom. The predicted octanol–water partition coefficient (Wildman–Crippen LogP) is 2.89. The standard InChI is InChI=1S/C27H33FN4O4/c1-5-12-29-27(35)31(4)16-24-18(2)15-32(19(3)17-33)26(34)22-13-20(14-30-25(22)36-24)10-11-21-8-6-7-9-23(21)28/h6-9,13-14,18-19,24,33H,5,12,15-17H2,1-4H3,(H,29,35)/t18-,19-,24-/m1/s1. The molecule has 36 heavy (non-hydrogen) atoms. The lowest BCUT2D eigenvalue weighted by molar-refractivity contribution is 0.0352. The van der Waals surface area contributed by atoms with Crippen LogP contribution in [0.15, 0.2) is 36.5 Å². The van der Waals surface area contributed by atoms with Crippen LogP contribution in [0.3, 0.4) is 0 Å². The van der Waals surface area contributed by atoms with E-state index in [4.69, 9.17) is 4.74 Å². The van der Waals surface area contributed by atoms with Crippen molar-refractivity contribution in [2.24, 2.45) is 5.92 Å². The fraction of sp³-hybridized carbons (Fsp3) is 0.444. The number of aromatic nitrogens is 1. The quantitative estimate of drug-likeness (QED) is 0.600. The molecule has 0 saturated heterocycles. The first-order chi connectivity index (χ1) is 17.2. The molecule has 3 rings (SSSR count). The third-order valence-corrected chi connectivity index (χ3v) is 6.06. The number of fused-ring (bicyclic) bond motifs is 1. The Kier molecular flexibility index (Phi) is 9.25. The molecule has 0 aliphatic carbocycles. The average Bonchev–Trinajstić information content (AvgIpc) is 2.88. The van der Waals surface area contributed by atoms with Crippen molar-refractivity contribution >= 4 is 11.9 Å². The molecular weight excluding hydrogens is 463 g/mol. The first kappa shape index (κ1) is 27.0. The largest absolute Gasteiger partial charge is 0.472 e. The molecule has 8 nitrogen and oxygen atoms in total. The number of hydrogen-bond donors (Lipinski definition) is 2. The first-order valence-electron chi connectivity index (χ1n) is 12.1. The zero-order chi connectivity index (χ0) is 26.2. The van der Waals surface area contributed by atoms with E-state index in [-0.39, 0.29) is 48.0 Å². The zero-order valence-electron chi connectivity index (χ0n) is 21.1. The van der Waals surface area contributed by atoms with Crippen LogP contribution in [0.4, 0.5) is 9.18 Å². The highest BCUT2D eigenvalue weighted by Crippen LogP contribution is 2.27.